The van der Waals surface area contributed by atoms with Gasteiger partial charge in [-0.15, -0.1) is 0 Å². The van der Waals surface area contributed by atoms with Crippen molar-refractivity contribution in [2.45, 2.75) is 51.9 Å². The fourth-order valence-corrected chi connectivity index (χ4v) is 2.65. The highest BCUT2D eigenvalue weighted by atomic mass is 35.5. The second kappa shape index (κ2) is 8.92. The molecular formula is C18H22ClNO3. The molecular weight excluding hydrogens is 314 g/mol. The van der Waals surface area contributed by atoms with Gasteiger partial charge in [0.1, 0.15) is 5.58 Å². The van der Waals surface area contributed by atoms with Crippen molar-refractivity contribution in [2.75, 3.05) is 0 Å². The van der Waals surface area contributed by atoms with Crippen LogP contribution in [0.15, 0.2) is 32.2 Å². The molecule has 0 saturated carbocycles. The lowest BCUT2D eigenvalue weighted by atomic mass is 10.1. The largest absolute Gasteiger partial charge is 0.422 e. The van der Waals surface area contributed by atoms with Crippen molar-refractivity contribution in [3.8, 4) is 0 Å². The maximum atomic E-state index is 12.3. The summed E-state index contributed by atoms with van der Waals surface area (Å²) < 4.78 is 6.21. The smallest absolute Gasteiger partial charge is 0.409 e. The molecule has 1 aromatic carbocycles. The number of benzene rings is 1. The van der Waals surface area contributed by atoms with Crippen molar-refractivity contribution in [1.29, 1.82) is 0 Å². The summed E-state index contributed by atoms with van der Waals surface area (Å²) in [6.45, 7) is 3.77. The van der Waals surface area contributed by atoms with Crippen LogP contribution in [-0.4, -0.2) is 4.57 Å². The first-order valence-corrected chi connectivity index (χ1v) is 8.51. The van der Waals surface area contributed by atoms with Crippen molar-refractivity contribution in [3.05, 3.63) is 57.1 Å². The maximum absolute atomic E-state index is 12.3. The van der Waals surface area contributed by atoms with E-state index < -0.39 is 5.76 Å². The van der Waals surface area contributed by atoms with E-state index in [1.54, 1.807) is 12.6 Å². The lowest BCUT2D eigenvalue weighted by Crippen LogP contribution is -2.31. The molecule has 1 heterocycles. The van der Waals surface area contributed by atoms with Crippen molar-refractivity contribution in [2.24, 2.45) is 0 Å². The van der Waals surface area contributed by atoms with Gasteiger partial charge in [-0.1, -0.05) is 57.0 Å². The summed E-state index contributed by atoms with van der Waals surface area (Å²) >= 11 is 5.90. The zero-order valence-electron chi connectivity index (χ0n) is 13.4. The number of unbranched alkanes of at least 4 members (excludes halogenated alkanes) is 7. The first-order chi connectivity index (χ1) is 11.1. The Balaban J connectivity index is 1.93. The Hall–Kier alpha value is -1.55. The van der Waals surface area contributed by atoms with Gasteiger partial charge in [-0.2, -0.15) is 0 Å². The minimum atomic E-state index is -0.651. The standard InChI is InChI=1S/C18H22ClNO3/c1-2-3-4-5-6-7-8-9-12-20-17(21)15-13-14(19)10-11-16(15)23-18(20)22/h3,10-13H,2,4-9H2,1H3. The van der Waals surface area contributed by atoms with Crippen molar-refractivity contribution in [1.82, 2.24) is 4.57 Å². The van der Waals surface area contributed by atoms with Gasteiger partial charge in [0.05, 0.1) is 11.9 Å². The quantitative estimate of drug-likeness (QED) is 0.630. The van der Waals surface area contributed by atoms with Gasteiger partial charge in [-0.25, -0.2) is 9.36 Å². The molecule has 124 valence electrons. The third-order valence-electron chi connectivity index (χ3n) is 3.75. The molecule has 0 N–H and O–H groups in total. The minimum absolute atomic E-state index is 0.265. The van der Waals surface area contributed by atoms with E-state index >= 15 is 0 Å². The molecule has 0 spiro atoms. The molecule has 2 radical (unpaired) electrons. The Morgan fingerprint density at radius 2 is 1.87 bits per heavy atom. The van der Waals surface area contributed by atoms with Gasteiger partial charge < -0.3 is 4.42 Å². The Kier molecular flexibility index (Phi) is 6.90. The first kappa shape index (κ1) is 17.8. The van der Waals surface area contributed by atoms with E-state index in [4.69, 9.17) is 16.0 Å². The second-order valence-corrected chi connectivity index (χ2v) is 5.99. The van der Waals surface area contributed by atoms with E-state index in [1.807, 2.05) is 0 Å². The lowest BCUT2D eigenvalue weighted by Gasteiger charge is -2.05. The average Bonchev–Trinajstić information content (AvgIpc) is 2.53. The molecule has 0 aliphatic heterocycles. The molecule has 0 unspecified atom stereocenters. The Morgan fingerprint density at radius 3 is 2.61 bits per heavy atom. The van der Waals surface area contributed by atoms with Crippen LogP contribution in [0, 0.1) is 13.0 Å². The van der Waals surface area contributed by atoms with Crippen LogP contribution in [0.3, 0.4) is 0 Å². The monoisotopic (exact) mass is 335 g/mol. The van der Waals surface area contributed by atoms with Crippen molar-refractivity contribution >= 4 is 22.6 Å². The van der Waals surface area contributed by atoms with Crippen LogP contribution in [0.25, 0.3) is 11.0 Å². The maximum Gasteiger partial charge on any atom is 0.422 e. The highest BCUT2D eigenvalue weighted by molar-refractivity contribution is 6.31. The van der Waals surface area contributed by atoms with Crippen molar-refractivity contribution in [3.63, 3.8) is 0 Å². The normalized spacial score (nSPS) is 11.2. The van der Waals surface area contributed by atoms with E-state index in [1.165, 1.54) is 25.0 Å². The Morgan fingerprint density at radius 1 is 1.13 bits per heavy atom. The summed E-state index contributed by atoms with van der Waals surface area (Å²) in [5.41, 5.74) is -0.113. The van der Waals surface area contributed by atoms with Gasteiger partial charge in [0.25, 0.3) is 5.56 Å². The molecule has 2 rings (SSSR count). The third-order valence-corrected chi connectivity index (χ3v) is 3.98. The molecule has 0 atom stereocenters. The van der Waals surface area contributed by atoms with Crippen LogP contribution >= 0.6 is 11.6 Å². The minimum Gasteiger partial charge on any atom is -0.409 e. The van der Waals surface area contributed by atoms with Gasteiger partial charge in [-0.05, 0) is 31.0 Å². The van der Waals surface area contributed by atoms with E-state index in [9.17, 15) is 9.59 Å². The van der Waals surface area contributed by atoms with Gasteiger partial charge in [-0.3, -0.25) is 4.79 Å². The van der Waals surface area contributed by atoms with Crippen LogP contribution in [0.2, 0.25) is 5.02 Å². The van der Waals surface area contributed by atoms with Gasteiger partial charge in [0.15, 0.2) is 0 Å². The summed E-state index contributed by atoms with van der Waals surface area (Å²) in [5, 5.41) is 0.766. The fourth-order valence-electron chi connectivity index (χ4n) is 2.48. The van der Waals surface area contributed by atoms with E-state index in [2.05, 4.69) is 13.3 Å². The molecule has 0 fully saturated rings. The Bertz CT molecular complexity index is 748. The molecule has 0 aliphatic carbocycles. The number of hydrogen-bond acceptors (Lipinski definition) is 3. The molecule has 0 bridgehead atoms. The Labute approximate surface area is 141 Å². The number of aromatic nitrogens is 1. The van der Waals surface area contributed by atoms with Gasteiger partial charge in [0, 0.05) is 5.02 Å². The van der Waals surface area contributed by atoms with Crippen LogP contribution in [0.1, 0.15) is 51.9 Å². The number of nitrogens with zero attached hydrogens (tertiary/aromatic N) is 1. The fraction of sp³-hybridized carbons (Fsp3) is 0.444. The summed E-state index contributed by atoms with van der Waals surface area (Å²) in [4.78, 5) is 24.3. The lowest BCUT2D eigenvalue weighted by molar-refractivity contribution is 0.485. The molecule has 4 nitrogen and oxygen atoms in total. The van der Waals surface area contributed by atoms with Gasteiger partial charge in [0.2, 0.25) is 0 Å². The van der Waals surface area contributed by atoms with Crippen LogP contribution in [-0.2, 0) is 0 Å². The van der Waals surface area contributed by atoms with Gasteiger partial charge >= 0.3 is 5.76 Å². The summed E-state index contributed by atoms with van der Waals surface area (Å²) in [6.07, 6.45) is 9.66. The first-order valence-electron chi connectivity index (χ1n) is 8.13. The molecule has 0 saturated heterocycles. The number of fused-ring (bicyclic) bond motifs is 1. The SMILES string of the molecule is CC[CH]CCCCCC[CH]n1c(=O)oc2ccc(Cl)cc2c1=O. The van der Waals surface area contributed by atoms with Crippen molar-refractivity contribution < 1.29 is 4.42 Å². The van der Waals surface area contributed by atoms with Crippen LogP contribution in [0.4, 0.5) is 0 Å². The van der Waals surface area contributed by atoms with Crippen LogP contribution in [0.5, 0.6) is 0 Å². The predicted octanol–water partition coefficient (Wildman–Crippen LogP) is 4.57. The highest BCUT2D eigenvalue weighted by Gasteiger charge is 2.10. The average molecular weight is 336 g/mol. The molecule has 0 amide bonds. The molecule has 2 aromatic rings. The summed E-state index contributed by atoms with van der Waals surface area (Å²) in [6, 6.07) is 4.66. The zero-order valence-corrected chi connectivity index (χ0v) is 14.1. The third kappa shape index (κ3) is 4.96. The van der Waals surface area contributed by atoms with E-state index in [0.717, 1.165) is 30.3 Å². The molecule has 5 heteroatoms. The van der Waals surface area contributed by atoms with E-state index in [0.29, 0.717) is 16.8 Å². The molecule has 1 aromatic heterocycles. The summed E-state index contributed by atoms with van der Waals surface area (Å²) in [7, 11) is 0. The molecule has 0 aliphatic rings. The molecule has 23 heavy (non-hydrogen) atoms. The number of hydrogen-bond donors (Lipinski definition) is 0. The van der Waals surface area contributed by atoms with E-state index in [-0.39, 0.29) is 11.1 Å². The highest BCUT2D eigenvalue weighted by Crippen LogP contribution is 2.15. The second-order valence-electron chi connectivity index (χ2n) is 5.55. The zero-order chi connectivity index (χ0) is 16.7. The van der Waals surface area contributed by atoms with Crippen LogP contribution < -0.4 is 11.3 Å². The predicted molar refractivity (Wildman–Crippen MR) is 93.7 cm³/mol. The number of rotatable bonds is 9. The summed E-state index contributed by atoms with van der Waals surface area (Å²) in [5.74, 6) is -0.651. The number of halogens is 1. The topological polar surface area (TPSA) is 52.2 Å².